The summed E-state index contributed by atoms with van der Waals surface area (Å²) in [5.41, 5.74) is 4.06. The summed E-state index contributed by atoms with van der Waals surface area (Å²) < 4.78 is 0. The number of hydrogen-bond donors (Lipinski definition) is 1. The summed E-state index contributed by atoms with van der Waals surface area (Å²) in [5, 5.41) is 8.20. The Morgan fingerprint density at radius 1 is 1.19 bits per heavy atom. The Labute approximate surface area is 157 Å². The first kappa shape index (κ1) is 16.8. The first-order valence-corrected chi connectivity index (χ1v) is 9.02. The molecule has 3 aromatic rings. The first-order chi connectivity index (χ1) is 12.6. The summed E-state index contributed by atoms with van der Waals surface area (Å²) >= 11 is 5.94. The van der Waals surface area contributed by atoms with Gasteiger partial charge in [0.15, 0.2) is 5.82 Å². The van der Waals surface area contributed by atoms with Crippen molar-refractivity contribution in [2.24, 2.45) is 5.92 Å². The maximum absolute atomic E-state index is 12.9. The van der Waals surface area contributed by atoms with Crippen LogP contribution in [0.25, 0.3) is 11.3 Å². The number of H-pyrrole nitrogens is 1. The zero-order valence-electron chi connectivity index (χ0n) is 14.4. The fraction of sp³-hybridized carbons (Fsp3) is 0.250. The molecule has 1 fully saturated rings. The van der Waals surface area contributed by atoms with Crippen molar-refractivity contribution in [1.29, 1.82) is 0 Å². The average molecular weight is 367 g/mol. The fourth-order valence-corrected chi connectivity index (χ4v) is 3.62. The highest BCUT2D eigenvalue weighted by Crippen LogP contribution is 2.32. The van der Waals surface area contributed by atoms with Gasteiger partial charge in [-0.05, 0) is 49.6 Å². The van der Waals surface area contributed by atoms with Gasteiger partial charge in [0.1, 0.15) is 0 Å². The van der Waals surface area contributed by atoms with Crippen molar-refractivity contribution >= 4 is 23.3 Å². The summed E-state index contributed by atoms with van der Waals surface area (Å²) in [6.07, 6.45) is 5.06. The van der Waals surface area contributed by atoms with Gasteiger partial charge in [-0.25, -0.2) is 0 Å². The van der Waals surface area contributed by atoms with E-state index in [9.17, 15) is 4.79 Å². The molecule has 6 heteroatoms. The van der Waals surface area contributed by atoms with Gasteiger partial charge in [0.25, 0.3) is 0 Å². The molecule has 26 heavy (non-hydrogen) atoms. The molecule has 1 aromatic carbocycles. The van der Waals surface area contributed by atoms with Crippen molar-refractivity contribution in [2.75, 3.05) is 11.4 Å². The van der Waals surface area contributed by atoms with E-state index < -0.39 is 0 Å². The Morgan fingerprint density at radius 2 is 1.92 bits per heavy atom. The standard InChI is InChI=1S/C20H19ClN4O/c1-13-18(15-6-9-22-10-7-15)23-24-19(13)25-11-8-16(20(25)26)12-14-2-4-17(21)5-3-14/h2-7,9-10,16H,8,11-12H2,1H3,(H,23,24). The predicted molar refractivity (Wildman–Crippen MR) is 102 cm³/mol. The number of nitrogens with one attached hydrogen (secondary N) is 1. The number of hydrogen-bond acceptors (Lipinski definition) is 3. The lowest BCUT2D eigenvalue weighted by molar-refractivity contribution is -0.120. The van der Waals surface area contributed by atoms with E-state index >= 15 is 0 Å². The molecule has 132 valence electrons. The van der Waals surface area contributed by atoms with Gasteiger partial charge in [-0.2, -0.15) is 5.10 Å². The lowest BCUT2D eigenvalue weighted by Crippen LogP contribution is -2.28. The lowest BCUT2D eigenvalue weighted by atomic mass is 9.98. The number of aromatic nitrogens is 3. The van der Waals surface area contributed by atoms with Crippen LogP contribution in [0.1, 0.15) is 17.5 Å². The van der Waals surface area contributed by atoms with E-state index in [2.05, 4.69) is 15.2 Å². The highest BCUT2D eigenvalue weighted by molar-refractivity contribution is 6.30. The molecule has 1 aliphatic rings. The summed E-state index contributed by atoms with van der Waals surface area (Å²) in [6.45, 7) is 2.69. The van der Waals surface area contributed by atoms with E-state index in [1.54, 1.807) is 17.3 Å². The monoisotopic (exact) mass is 366 g/mol. The first-order valence-electron chi connectivity index (χ1n) is 8.64. The van der Waals surface area contributed by atoms with Crippen LogP contribution in [0.4, 0.5) is 5.82 Å². The number of benzene rings is 1. The minimum Gasteiger partial charge on any atom is -0.295 e. The maximum Gasteiger partial charge on any atom is 0.231 e. The Bertz CT molecular complexity index is 921. The zero-order valence-corrected chi connectivity index (χ0v) is 15.2. The van der Waals surface area contributed by atoms with E-state index in [0.29, 0.717) is 11.6 Å². The van der Waals surface area contributed by atoms with E-state index in [4.69, 9.17) is 11.6 Å². The normalized spacial score (nSPS) is 17.1. The van der Waals surface area contributed by atoms with Crippen molar-refractivity contribution in [2.45, 2.75) is 19.8 Å². The number of pyridine rings is 1. The van der Waals surface area contributed by atoms with Gasteiger partial charge < -0.3 is 0 Å². The smallest absolute Gasteiger partial charge is 0.231 e. The third kappa shape index (κ3) is 3.10. The number of amides is 1. The van der Waals surface area contributed by atoms with Gasteiger partial charge in [0.2, 0.25) is 5.91 Å². The summed E-state index contributed by atoms with van der Waals surface area (Å²) in [7, 11) is 0. The largest absolute Gasteiger partial charge is 0.295 e. The third-order valence-corrected chi connectivity index (χ3v) is 5.17. The number of rotatable bonds is 4. The number of carbonyl (C=O) groups excluding carboxylic acids is 1. The van der Waals surface area contributed by atoms with E-state index in [0.717, 1.165) is 41.0 Å². The molecule has 1 unspecified atom stereocenters. The molecule has 1 aliphatic heterocycles. The van der Waals surface area contributed by atoms with Crippen molar-refractivity contribution in [3.05, 3.63) is 64.9 Å². The van der Waals surface area contributed by atoms with Gasteiger partial charge >= 0.3 is 0 Å². The van der Waals surface area contributed by atoms with Crippen LogP contribution in [0.15, 0.2) is 48.8 Å². The number of anilines is 1. The molecular formula is C20H19ClN4O. The van der Waals surface area contributed by atoms with Gasteiger partial charge in [0, 0.05) is 41.0 Å². The zero-order chi connectivity index (χ0) is 18.1. The van der Waals surface area contributed by atoms with Gasteiger partial charge in [-0.15, -0.1) is 0 Å². The van der Waals surface area contributed by atoms with Crippen LogP contribution < -0.4 is 4.90 Å². The molecule has 5 nitrogen and oxygen atoms in total. The molecule has 1 N–H and O–H groups in total. The number of halogens is 1. The number of carbonyl (C=O) groups is 1. The second-order valence-electron chi connectivity index (χ2n) is 6.59. The Kier molecular flexibility index (Phi) is 4.47. The van der Waals surface area contributed by atoms with Crippen LogP contribution >= 0.6 is 11.6 Å². The molecule has 1 atom stereocenters. The van der Waals surface area contributed by atoms with Crippen LogP contribution in [0, 0.1) is 12.8 Å². The minimum absolute atomic E-state index is 0.0170. The maximum atomic E-state index is 12.9. The number of aromatic amines is 1. The highest BCUT2D eigenvalue weighted by atomic mass is 35.5. The average Bonchev–Trinajstić information content (AvgIpc) is 3.21. The van der Waals surface area contributed by atoms with Crippen molar-refractivity contribution < 1.29 is 4.79 Å². The van der Waals surface area contributed by atoms with Crippen molar-refractivity contribution in [1.82, 2.24) is 15.2 Å². The van der Waals surface area contributed by atoms with Crippen molar-refractivity contribution in [3.63, 3.8) is 0 Å². The molecule has 4 rings (SSSR count). The lowest BCUT2D eigenvalue weighted by Gasteiger charge is -2.15. The Morgan fingerprint density at radius 3 is 2.65 bits per heavy atom. The Hall–Kier alpha value is -2.66. The quantitative estimate of drug-likeness (QED) is 0.758. The Balaban J connectivity index is 1.53. The topological polar surface area (TPSA) is 61.9 Å². The molecule has 0 aliphatic carbocycles. The third-order valence-electron chi connectivity index (χ3n) is 4.92. The fourth-order valence-electron chi connectivity index (χ4n) is 3.49. The van der Waals surface area contributed by atoms with Crippen LogP contribution in [0.3, 0.4) is 0 Å². The predicted octanol–water partition coefficient (Wildman–Crippen LogP) is 4.03. The summed E-state index contributed by atoms with van der Waals surface area (Å²) in [5.74, 6) is 0.841. The van der Waals surface area contributed by atoms with Gasteiger partial charge in [-0.1, -0.05) is 23.7 Å². The minimum atomic E-state index is -0.0170. The van der Waals surface area contributed by atoms with E-state index in [-0.39, 0.29) is 11.8 Å². The molecule has 0 spiro atoms. The molecule has 0 bridgehead atoms. The van der Waals surface area contributed by atoms with Gasteiger partial charge in [0.05, 0.1) is 5.69 Å². The van der Waals surface area contributed by atoms with Gasteiger partial charge in [-0.3, -0.25) is 19.8 Å². The van der Waals surface area contributed by atoms with Crippen LogP contribution in [-0.2, 0) is 11.2 Å². The molecule has 0 saturated carbocycles. The van der Waals surface area contributed by atoms with Crippen LogP contribution in [0.2, 0.25) is 5.02 Å². The molecule has 3 heterocycles. The molecule has 1 amide bonds. The molecule has 0 radical (unpaired) electrons. The number of nitrogens with zero attached hydrogens (tertiary/aromatic N) is 3. The van der Waals surface area contributed by atoms with E-state index in [1.807, 2.05) is 43.3 Å². The second kappa shape index (κ2) is 6.92. The highest BCUT2D eigenvalue weighted by Gasteiger charge is 2.34. The summed E-state index contributed by atoms with van der Waals surface area (Å²) in [6, 6.07) is 11.6. The van der Waals surface area contributed by atoms with Crippen molar-refractivity contribution in [3.8, 4) is 11.3 Å². The molecule has 1 saturated heterocycles. The van der Waals surface area contributed by atoms with E-state index in [1.165, 1.54) is 0 Å². The SMILES string of the molecule is Cc1c(N2CCC(Cc3ccc(Cl)cc3)C2=O)n[nH]c1-c1ccncc1. The molecular weight excluding hydrogens is 348 g/mol. The van der Waals surface area contributed by atoms with Crippen LogP contribution in [0.5, 0.6) is 0 Å². The van der Waals surface area contributed by atoms with Crippen LogP contribution in [-0.4, -0.2) is 27.6 Å². The summed E-state index contributed by atoms with van der Waals surface area (Å²) in [4.78, 5) is 18.8. The molecule has 2 aromatic heterocycles. The second-order valence-corrected chi connectivity index (χ2v) is 7.03.